The van der Waals surface area contributed by atoms with E-state index in [-0.39, 0.29) is 12.0 Å². The predicted molar refractivity (Wildman–Crippen MR) is 107 cm³/mol. The molecule has 138 valence electrons. The summed E-state index contributed by atoms with van der Waals surface area (Å²) in [4.78, 5) is 1.74. The molecule has 2 aromatic carbocycles. The van der Waals surface area contributed by atoms with Crippen LogP contribution in [0.15, 0.2) is 36.4 Å². The Kier molecular flexibility index (Phi) is 5.15. The summed E-state index contributed by atoms with van der Waals surface area (Å²) in [5, 5.41) is 19.0. The minimum absolute atomic E-state index is 0.0186. The van der Waals surface area contributed by atoms with Crippen molar-refractivity contribution in [1.82, 2.24) is 15.0 Å². The zero-order chi connectivity index (χ0) is 18.9. The fraction of sp³-hybridized carbons (Fsp3) is 0.455. The molecule has 4 nitrogen and oxygen atoms in total. The normalized spacial score (nSPS) is 13.3. The molecule has 0 amide bonds. The first-order valence-corrected chi connectivity index (χ1v) is 9.45. The summed E-state index contributed by atoms with van der Waals surface area (Å²) >= 11 is 0. The first-order valence-electron chi connectivity index (χ1n) is 9.45. The first-order chi connectivity index (χ1) is 12.3. The molecule has 0 saturated carbocycles. The number of hydrogen-bond acceptors (Lipinski definition) is 3. The number of hydrogen-bond donors (Lipinski definition) is 1. The lowest BCUT2D eigenvalue weighted by Crippen LogP contribution is -2.19. The third-order valence-corrected chi connectivity index (χ3v) is 5.10. The van der Waals surface area contributed by atoms with Gasteiger partial charge >= 0.3 is 0 Å². The van der Waals surface area contributed by atoms with Crippen molar-refractivity contribution >= 4 is 11.0 Å². The van der Waals surface area contributed by atoms with Gasteiger partial charge in [0.15, 0.2) is 0 Å². The molecule has 1 N–H and O–H groups in total. The molecule has 4 heteroatoms. The third-order valence-electron chi connectivity index (χ3n) is 5.10. The Morgan fingerprint density at radius 2 is 1.69 bits per heavy atom. The summed E-state index contributed by atoms with van der Waals surface area (Å²) in [5.74, 6) is 0.419. The Labute approximate surface area is 155 Å². The van der Waals surface area contributed by atoms with Crippen molar-refractivity contribution < 1.29 is 5.11 Å². The first kappa shape index (κ1) is 18.6. The van der Waals surface area contributed by atoms with Gasteiger partial charge in [0, 0.05) is 6.61 Å². The molecule has 1 unspecified atom stereocenters. The number of nitrogens with zero attached hydrogens (tertiary/aromatic N) is 3. The van der Waals surface area contributed by atoms with E-state index in [1.165, 1.54) is 16.7 Å². The molecule has 1 aromatic heterocycles. The van der Waals surface area contributed by atoms with Gasteiger partial charge in [0.1, 0.15) is 11.0 Å². The molecular weight excluding hydrogens is 322 g/mol. The summed E-state index contributed by atoms with van der Waals surface area (Å²) in [5.41, 5.74) is 6.60. The zero-order valence-electron chi connectivity index (χ0n) is 16.5. The highest BCUT2D eigenvalue weighted by molar-refractivity contribution is 5.73. The van der Waals surface area contributed by atoms with Crippen molar-refractivity contribution in [3.05, 3.63) is 53.1 Å². The van der Waals surface area contributed by atoms with Gasteiger partial charge in [-0.05, 0) is 65.1 Å². The quantitative estimate of drug-likeness (QED) is 0.720. The van der Waals surface area contributed by atoms with Crippen LogP contribution < -0.4 is 0 Å². The Bertz CT molecular complexity index is 872. The monoisotopic (exact) mass is 351 g/mol. The van der Waals surface area contributed by atoms with Crippen LogP contribution in [0.3, 0.4) is 0 Å². The molecule has 3 rings (SSSR count). The lowest BCUT2D eigenvalue weighted by Gasteiger charge is -2.28. The summed E-state index contributed by atoms with van der Waals surface area (Å²) < 4.78 is 0. The molecule has 0 radical (unpaired) electrons. The van der Waals surface area contributed by atoms with Gasteiger partial charge < -0.3 is 5.11 Å². The average molecular weight is 351 g/mol. The van der Waals surface area contributed by atoms with E-state index in [9.17, 15) is 5.11 Å². The van der Waals surface area contributed by atoms with Crippen LogP contribution in [-0.4, -0.2) is 26.7 Å². The molecule has 0 aliphatic rings. The van der Waals surface area contributed by atoms with Gasteiger partial charge in [0.05, 0.1) is 5.69 Å². The number of rotatable bonds is 5. The van der Waals surface area contributed by atoms with Crippen molar-refractivity contribution in [1.29, 1.82) is 0 Å². The molecule has 0 spiro atoms. The number of benzene rings is 2. The topological polar surface area (TPSA) is 50.9 Å². The Morgan fingerprint density at radius 3 is 2.19 bits per heavy atom. The summed E-state index contributed by atoms with van der Waals surface area (Å²) in [6.45, 7) is 11.3. The van der Waals surface area contributed by atoms with Crippen LogP contribution >= 0.6 is 0 Å². The van der Waals surface area contributed by atoms with E-state index in [0.717, 1.165) is 23.1 Å². The van der Waals surface area contributed by atoms with Crippen LogP contribution in [0, 0.1) is 0 Å². The molecule has 0 aliphatic heterocycles. The number of aliphatic hydroxyl groups is 1. The smallest absolute Gasteiger partial charge is 0.113 e. The van der Waals surface area contributed by atoms with Crippen LogP contribution in [0.25, 0.3) is 16.7 Å². The predicted octanol–water partition coefficient (Wildman–Crippen LogP) is 4.77. The van der Waals surface area contributed by atoms with Crippen LogP contribution in [0.4, 0.5) is 0 Å². The molecule has 0 saturated heterocycles. The Hall–Kier alpha value is -2.20. The van der Waals surface area contributed by atoms with Crippen LogP contribution in [-0.2, 0) is 11.8 Å². The number of aromatic nitrogens is 3. The second-order valence-electron chi connectivity index (χ2n) is 8.07. The second-order valence-corrected chi connectivity index (χ2v) is 8.07. The van der Waals surface area contributed by atoms with Crippen molar-refractivity contribution in [3.8, 4) is 5.69 Å². The van der Waals surface area contributed by atoms with Crippen LogP contribution in [0.5, 0.6) is 0 Å². The van der Waals surface area contributed by atoms with Crippen molar-refractivity contribution in [2.24, 2.45) is 0 Å². The highest BCUT2D eigenvalue weighted by atomic mass is 16.2. The highest BCUT2D eigenvalue weighted by Gasteiger charge is 2.23. The standard InChI is InChI=1S/C22H29N3O/c1-6-15(2)18-13-16(14-19(22(3,4)5)17(18)11-12-26)25-23-20-9-7-8-10-21(20)24-25/h7-10,13-15,26H,6,11-12H2,1-5H3. The van der Waals surface area contributed by atoms with Gasteiger partial charge in [0.2, 0.25) is 0 Å². The van der Waals surface area contributed by atoms with E-state index >= 15 is 0 Å². The number of fused-ring (bicyclic) bond motifs is 1. The van der Waals surface area contributed by atoms with E-state index < -0.39 is 0 Å². The highest BCUT2D eigenvalue weighted by Crippen LogP contribution is 2.35. The zero-order valence-corrected chi connectivity index (χ0v) is 16.5. The summed E-state index contributed by atoms with van der Waals surface area (Å²) in [6, 6.07) is 12.3. The fourth-order valence-corrected chi connectivity index (χ4v) is 3.49. The van der Waals surface area contributed by atoms with E-state index in [2.05, 4.69) is 56.9 Å². The third kappa shape index (κ3) is 3.51. The minimum Gasteiger partial charge on any atom is -0.396 e. The lowest BCUT2D eigenvalue weighted by atomic mass is 9.78. The Balaban J connectivity index is 2.25. The van der Waals surface area contributed by atoms with E-state index in [0.29, 0.717) is 12.3 Å². The van der Waals surface area contributed by atoms with E-state index in [4.69, 9.17) is 0 Å². The molecule has 1 heterocycles. The molecule has 1 atom stereocenters. The van der Waals surface area contributed by atoms with Gasteiger partial charge in [-0.2, -0.15) is 4.80 Å². The van der Waals surface area contributed by atoms with Gasteiger partial charge in [-0.1, -0.05) is 46.8 Å². The molecule has 0 fully saturated rings. The molecule has 3 aromatic rings. The summed E-state index contributed by atoms with van der Waals surface area (Å²) in [7, 11) is 0. The Morgan fingerprint density at radius 1 is 1.08 bits per heavy atom. The van der Waals surface area contributed by atoms with Crippen molar-refractivity contribution in [3.63, 3.8) is 0 Å². The lowest BCUT2D eigenvalue weighted by molar-refractivity contribution is 0.298. The van der Waals surface area contributed by atoms with Crippen LogP contribution in [0.2, 0.25) is 0 Å². The van der Waals surface area contributed by atoms with Gasteiger partial charge in [0.25, 0.3) is 0 Å². The maximum Gasteiger partial charge on any atom is 0.113 e. The minimum atomic E-state index is -0.0186. The molecular formula is C22H29N3O. The van der Waals surface area contributed by atoms with Crippen LogP contribution in [0.1, 0.15) is 63.6 Å². The second kappa shape index (κ2) is 7.20. The van der Waals surface area contributed by atoms with E-state index in [1.54, 1.807) is 4.80 Å². The number of aliphatic hydroxyl groups excluding tert-OH is 1. The SMILES string of the molecule is CCC(C)c1cc(-n2nc3ccccc3n2)cc(C(C)(C)C)c1CCO. The molecule has 0 bridgehead atoms. The molecule has 0 aliphatic carbocycles. The largest absolute Gasteiger partial charge is 0.396 e. The van der Waals surface area contributed by atoms with E-state index in [1.807, 2.05) is 24.3 Å². The molecule has 26 heavy (non-hydrogen) atoms. The maximum absolute atomic E-state index is 9.64. The van der Waals surface area contributed by atoms with Gasteiger partial charge in [-0.3, -0.25) is 0 Å². The fourth-order valence-electron chi connectivity index (χ4n) is 3.49. The van der Waals surface area contributed by atoms with Gasteiger partial charge in [-0.25, -0.2) is 0 Å². The van der Waals surface area contributed by atoms with Crippen molar-refractivity contribution in [2.75, 3.05) is 6.61 Å². The maximum atomic E-state index is 9.64. The average Bonchev–Trinajstić information content (AvgIpc) is 3.04. The summed E-state index contributed by atoms with van der Waals surface area (Å²) in [6.07, 6.45) is 1.74. The van der Waals surface area contributed by atoms with Gasteiger partial charge in [-0.15, -0.1) is 10.2 Å². The van der Waals surface area contributed by atoms with Crippen molar-refractivity contribution in [2.45, 2.75) is 58.8 Å².